The molecule has 1 N–H and O–H groups in total. The number of hydrogen-bond acceptors (Lipinski definition) is 3. The lowest BCUT2D eigenvalue weighted by Gasteiger charge is -2.24. The molecule has 0 radical (unpaired) electrons. The smallest absolute Gasteiger partial charge is 0.303 e. The number of ether oxygens (including phenoxy) is 2. The maximum absolute atomic E-state index is 10.9. The second-order valence-corrected chi connectivity index (χ2v) is 5.55. The molecule has 1 aromatic rings. The van der Waals surface area contributed by atoms with Crippen LogP contribution in [0.25, 0.3) is 0 Å². The molecule has 4 heteroatoms. The van der Waals surface area contributed by atoms with Gasteiger partial charge >= 0.3 is 5.97 Å². The van der Waals surface area contributed by atoms with Crippen molar-refractivity contribution in [1.82, 2.24) is 0 Å². The minimum atomic E-state index is -0.789. The Labute approximate surface area is 114 Å². The summed E-state index contributed by atoms with van der Waals surface area (Å²) in [5.41, 5.74) is 1.63. The van der Waals surface area contributed by atoms with Crippen LogP contribution in [0.1, 0.15) is 31.4 Å². The molecule has 0 heterocycles. The van der Waals surface area contributed by atoms with Crippen molar-refractivity contribution in [2.45, 2.75) is 33.6 Å². The first-order valence-electron chi connectivity index (χ1n) is 6.22. The van der Waals surface area contributed by atoms with Gasteiger partial charge in [-0.1, -0.05) is 13.8 Å². The zero-order valence-electron chi connectivity index (χ0n) is 12.2. The molecule has 0 unspecified atom stereocenters. The van der Waals surface area contributed by atoms with E-state index in [4.69, 9.17) is 14.6 Å². The van der Waals surface area contributed by atoms with E-state index in [1.807, 2.05) is 32.9 Å². The molecule has 0 aromatic heterocycles. The lowest BCUT2D eigenvalue weighted by molar-refractivity contribution is -0.139. The van der Waals surface area contributed by atoms with E-state index < -0.39 is 5.97 Å². The average Bonchev–Trinajstić information content (AvgIpc) is 2.28. The second-order valence-electron chi connectivity index (χ2n) is 5.55. The summed E-state index contributed by atoms with van der Waals surface area (Å²) in [7, 11) is 3.25. The summed E-state index contributed by atoms with van der Waals surface area (Å²) < 4.78 is 10.7. The molecule has 0 saturated carbocycles. The minimum Gasteiger partial charge on any atom is -0.496 e. The molecule has 0 spiro atoms. The van der Waals surface area contributed by atoms with Crippen LogP contribution >= 0.6 is 0 Å². The van der Waals surface area contributed by atoms with E-state index in [0.29, 0.717) is 6.42 Å². The number of carboxylic acids is 1. The summed E-state index contributed by atoms with van der Waals surface area (Å²) in [6, 6.07) is 3.85. The van der Waals surface area contributed by atoms with Crippen LogP contribution in [0.3, 0.4) is 0 Å². The predicted octanol–water partition coefficient (Wildman–Crippen LogP) is 3.06. The van der Waals surface area contributed by atoms with Gasteiger partial charge in [0.05, 0.1) is 20.6 Å². The van der Waals surface area contributed by atoms with Crippen LogP contribution in [0.15, 0.2) is 12.1 Å². The van der Waals surface area contributed by atoms with Crippen molar-refractivity contribution in [1.29, 1.82) is 0 Å². The summed E-state index contributed by atoms with van der Waals surface area (Å²) in [5.74, 6) is 0.779. The number of aliphatic carboxylic acids is 1. The summed E-state index contributed by atoms with van der Waals surface area (Å²) >= 11 is 0. The van der Waals surface area contributed by atoms with Gasteiger partial charge < -0.3 is 14.6 Å². The highest BCUT2D eigenvalue weighted by molar-refractivity contribution is 5.67. The number of hydrogen-bond donors (Lipinski definition) is 1. The van der Waals surface area contributed by atoms with Crippen molar-refractivity contribution in [2.24, 2.45) is 5.41 Å². The van der Waals surface area contributed by atoms with E-state index >= 15 is 0 Å². The molecular formula is C15H22O4. The van der Waals surface area contributed by atoms with Crippen molar-refractivity contribution in [3.63, 3.8) is 0 Å². The third kappa shape index (κ3) is 4.16. The zero-order valence-corrected chi connectivity index (χ0v) is 12.2. The Bertz CT molecular complexity index is 463. The van der Waals surface area contributed by atoms with E-state index in [0.717, 1.165) is 22.6 Å². The van der Waals surface area contributed by atoms with Crippen molar-refractivity contribution in [3.8, 4) is 11.5 Å². The van der Waals surface area contributed by atoms with E-state index in [1.165, 1.54) is 0 Å². The quantitative estimate of drug-likeness (QED) is 0.859. The fourth-order valence-electron chi connectivity index (χ4n) is 2.24. The number of rotatable bonds is 6. The molecule has 106 valence electrons. The summed E-state index contributed by atoms with van der Waals surface area (Å²) in [6.45, 7) is 5.83. The van der Waals surface area contributed by atoms with E-state index in [-0.39, 0.29) is 11.8 Å². The first-order chi connectivity index (χ1) is 8.79. The van der Waals surface area contributed by atoms with Gasteiger partial charge in [-0.25, -0.2) is 0 Å². The number of methoxy groups -OCH3 is 2. The van der Waals surface area contributed by atoms with Gasteiger partial charge in [0.2, 0.25) is 0 Å². The Kier molecular flexibility index (Phi) is 4.81. The maximum Gasteiger partial charge on any atom is 0.303 e. The zero-order chi connectivity index (χ0) is 14.6. The predicted molar refractivity (Wildman–Crippen MR) is 74.0 cm³/mol. The van der Waals surface area contributed by atoms with Gasteiger partial charge in [-0.05, 0) is 42.0 Å². The average molecular weight is 266 g/mol. The van der Waals surface area contributed by atoms with Gasteiger partial charge in [0.15, 0.2) is 0 Å². The van der Waals surface area contributed by atoms with Crippen molar-refractivity contribution < 1.29 is 19.4 Å². The van der Waals surface area contributed by atoms with Gasteiger partial charge in [-0.3, -0.25) is 4.79 Å². The largest absolute Gasteiger partial charge is 0.496 e. The topological polar surface area (TPSA) is 55.8 Å². The summed E-state index contributed by atoms with van der Waals surface area (Å²) in [5, 5.41) is 8.94. The first-order valence-corrected chi connectivity index (χ1v) is 6.22. The highest BCUT2D eigenvalue weighted by Gasteiger charge is 2.24. The van der Waals surface area contributed by atoms with Gasteiger partial charge in [-0.15, -0.1) is 0 Å². The van der Waals surface area contributed by atoms with Crippen LogP contribution in [0.2, 0.25) is 0 Å². The molecule has 1 aromatic carbocycles. The lowest BCUT2D eigenvalue weighted by atomic mass is 9.82. The van der Waals surface area contributed by atoms with Gasteiger partial charge in [-0.2, -0.15) is 0 Å². The highest BCUT2D eigenvalue weighted by atomic mass is 16.5. The van der Waals surface area contributed by atoms with Crippen LogP contribution in [-0.4, -0.2) is 25.3 Å². The highest BCUT2D eigenvalue weighted by Crippen LogP contribution is 2.34. The third-order valence-electron chi connectivity index (χ3n) is 3.10. The Morgan fingerprint density at radius 2 is 1.79 bits per heavy atom. The Morgan fingerprint density at radius 1 is 1.21 bits per heavy atom. The molecule has 19 heavy (non-hydrogen) atoms. The molecular weight excluding hydrogens is 244 g/mol. The van der Waals surface area contributed by atoms with Crippen molar-refractivity contribution in [2.75, 3.05) is 14.2 Å². The third-order valence-corrected chi connectivity index (χ3v) is 3.10. The molecule has 4 nitrogen and oxygen atoms in total. The molecule has 0 saturated heterocycles. The number of benzene rings is 1. The minimum absolute atomic E-state index is 0.117. The molecule has 0 aliphatic heterocycles. The molecule has 0 fully saturated rings. The normalized spacial score (nSPS) is 11.2. The fraction of sp³-hybridized carbons (Fsp3) is 0.533. The molecule has 1 rings (SSSR count). The maximum atomic E-state index is 10.9. The van der Waals surface area contributed by atoms with Gasteiger partial charge in [0.1, 0.15) is 11.5 Å². The van der Waals surface area contributed by atoms with Crippen LogP contribution < -0.4 is 9.47 Å². The summed E-state index contributed by atoms with van der Waals surface area (Å²) in [4.78, 5) is 10.9. The molecule has 0 atom stereocenters. The first kappa shape index (κ1) is 15.3. The molecule has 0 bridgehead atoms. The van der Waals surface area contributed by atoms with Crippen LogP contribution in [-0.2, 0) is 11.2 Å². The van der Waals surface area contributed by atoms with E-state index in [2.05, 4.69) is 0 Å². The van der Waals surface area contributed by atoms with Gasteiger partial charge in [0, 0.05) is 0 Å². The standard InChI is InChI=1S/C15H22O4/c1-10-6-13(19-5)11(7-12(10)18-4)8-15(2,3)9-14(16)17/h6-7H,8-9H2,1-5H3,(H,16,17). The number of carboxylic acid groups (broad SMARTS) is 1. The van der Waals surface area contributed by atoms with Crippen LogP contribution in [0.5, 0.6) is 11.5 Å². The van der Waals surface area contributed by atoms with Crippen molar-refractivity contribution >= 4 is 5.97 Å². The summed E-state index contributed by atoms with van der Waals surface area (Å²) in [6.07, 6.45) is 0.742. The fourth-order valence-corrected chi connectivity index (χ4v) is 2.24. The number of carbonyl (C=O) groups is 1. The van der Waals surface area contributed by atoms with Crippen LogP contribution in [0, 0.1) is 12.3 Å². The SMILES string of the molecule is COc1cc(CC(C)(C)CC(=O)O)c(OC)cc1C. The second kappa shape index (κ2) is 5.95. The Balaban J connectivity index is 3.08. The Morgan fingerprint density at radius 3 is 2.26 bits per heavy atom. The van der Waals surface area contributed by atoms with Crippen molar-refractivity contribution in [3.05, 3.63) is 23.3 Å². The monoisotopic (exact) mass is 266 g/mol. The van der Waals surface area contributed by atoms with E-state index in [9.17, 15) is 4.79 Å². The molecule has 0 aliphatic carbocycles. The number of aryl methyl sites for hydroxylation is 1. The molecule has 0 aliphatic rings. The van der Waals surface area contributed by atoms with E-state index in [1.54, 1.807) is 14.2 Å². The molecule has 0 amide bonds. The lowest BCUT2D eigenvalue weighted by Crippen LogP contribution is -2.20. The van der Waals surface area contributed by atoms with Crippen LogP contribution in [0.4, 0.5) is 0 Å². The Hall–Kier alpha value is -1.71. The van der Waals surface area contributed by atoms with Gasteiger partial charge in [0.25, 0.3) is 0 Å².